The molecule has 2 N–H and O–H groups in total. The van der Waals surface area contributed by atoms with Crippen molar-refractivity contribution < 1.29 is 14.8 Å². The number of nitro groups is 1. The predicted molar refractivity (Wildman–Crippen MR) is 111 cm³/mol. The van der Waals surface area contributed by atoms with Gasteiger partial charge in [0.05, 0.1) is 16.4 Å². The van der Waals surface area contributed by atoms with Gasteiger partial charge in [-0.3, -0.25) is 19.9 Å². The zero-order valence-corrected chi connectivity index (χ0v) is 16.4. The molecule has 0 saturated heterocycles. The molecular formula is C22H23N3O4. The average molecular weight is 393 g/mol. The van der Waals surface area contributed by atoms with E-state index in [4.69, 9.17) is 0 Å². The lowest BCUT2D eigenvalue weighted by Crippen LogP contribution is -2.29. The molecule has 0 fully saturated rings. The van der Waals surface area contributed by atoms with Crippen molar-refractivity contribution in [3.05, 3.63) is 75.5 Å². The lowest BCUT2D eigenvalue weighted by molar-refractivity contribution is -0.383. The van der Waals surface area contributed by atoms with Crippen LogP contribution in [0.3, 0.4) is 0 Å². The molecule has 3 rings (SSSR count). The molecule has 150 valence electrons. The van der Waals surface area contributed by atoms with Crippen LogP contribution in [0.25, 0.3) is 10.9 Å². The Morgan fingerprint density at radius 2 is 2.00 bits per heavy atom. The van der Waals surface area contributed by atoms with Gasteiger partial charge in [0.1, 0.15) is 11.3 Å². The molecule has 3 aromatic rings. The number of aromatic nitrogens is 1. The first-order valence-electron chi connectivity index (χ1n) is 9.53. The highest BCUT2D eigenvalue weighted by Crippen LogP contribution is 2.39. The third kappa shape index (κ3) is 4.34. The number of aromatic hydroxyl groups is 1. The fourth-order valence-electron chi connectivity index (χ4n) is 3.27. The van der Waals surface area contributed by atoms with Gasteiger partial charge in [-0.1, -0.05) is 43.2 Å². The van der Waals surface area contributed by atoms with E-state index in [1.54, 1.807) is 12.1 Å². The summed E-state index contributed by atoms with van der Waals surface area (Å²) < 4.78 is 0. The van der Waals surface area contributed by atoms with Crippen molar-refractivity contribution in [2.45, 2.75) is 39.2 Å². The van der Waals surface area contributed by atoms with Gasteiger partial charge in [-0.15, -0.1) is 0 Å². The Bertz CT molecular complexity index is 1050. The van der Waals surface area contributed by atoms with Crippen LogP contribution in [0, 0.1) is 17.0 Å². The van der Waals surface area contributed by atoms with Gasteiger partial charge >= 0.3 is 0 Å². The van der Waals surface area contributed by atoms with E-state index in [-0.39, 0.29) is 33.8 Å². The molecule has 0 spiro atoms. The van der Waals surface area contributed by atoms with Crippen LogP contribution < -0.4 is 5.32 Å². The monoisotopic (exact) mass is 393 g/mol. The summed E-state index contributed by atoms with van der Waals surface area (Å²) in [5.74, 6) is -0.354. The normalized spacial score (nSPS) is 11.9. The highest BCUT2D eigenvalue weighted by Gasteiger charge is 2.26. The largest absolute Gasteiger partial charge is 0.505 e. The molecule has 0 unspecified atom stereocenters. The Labute approximate surface area is 168 Å². The summed E-state index contributed by atoms with van der Waals surface area (Å²) in [5, 5.41) is 25.7. The van der Waals surface area contributed by atoms with Crippen molar-refractivity contribution in [3.63, 3.8) is 0 Å². The summed E-state index contributed by atoms with van der Waals surface area (Å²) in [4.78, 5) is 27.8. The average Bonchev–Trinajstić information content (AvgIpc) is 2.72. The zero-order valence-electron chi connectivity index (χ0n) is 16.4. The first kappa shape index (κ1) is 20.3. The number of hydrogen-bond acceptors (Lipinski definition) is 5. The minimum atomic E-state index is -0.731. The maximum Gasteiger partial charge on any atom is 0.279 e. The second-order valence-electron chi connectivity index (χ2n) is 7.00. The quantitative estimate of drug-likeness (QED) is 0.452. The van der Waals surface area contributed by atoms with Gasteiger partial charge in [-0.05, 0) is 31.0 Å². The van der Waals surface area contributed by atoms with Crippen molar-refractivity contribution in [1.29, 1.82) is 0 Å². The molecule has 29 heavy (non-hydrogen) atoms. The number of phenols is 1. The number of nitro benzene ring substituents is 1. The standard InChI is InChI=1S/C22H23N3O4/c1-3-4-7-19(26)24-20(15-10-8-14(2)9-11-15)17-13-18(25(28)29)16-6-5-12-23-21(16)22(17)27/h5-6,8-13,20,27H,3-4,7H2,1-2H3,(H,24,26)/t20-/m1/s1. The summed E-state index contributed by atoms with van der Waals surface area (Å²) in [7, 11) is 0. The summed E-state index contributed by atoms with van der Waals surface area (Å²) in [5.41, 5.74) is 1.98. The smallest absolute Gasteiger partial charge is 0.279 e. The molecule has 1 aromatic heterocycles. The van der Waals surface area contributed by atoms with Crippen LogP contribution in [0.2, 0.25) is 0 Å². The Kier molecular flexibility index (Phi) is 6.07. The second-order valence-corrected chi connectivity index (χ2v) is 7.00. The Balaban J connectivity index is 2.17. The van der Waals surface area contributed by atoms with E-state index in [1.807, 2.05) is 38.1 Å². The van der Waals surface area contributed by atoms with Gasteiger partial charge < -0.3 is 10.4 Å². The van der Waals surface area contributed by atoms with E-state index in [1.165, 1.54) is 12.3 Å². The number of aryl methyl sites for hydroxylation is 1. The molecule has 0 saturated carbocycles. The molecule has 0 aliphatic heterocycles. The van der Waals surface area contributed by atoms with Crippen LogP contribution in [0.15, 0.2) is 48.7 Å². The van der Waals surface area contributed by atoms with Gasteiger partial charge in [0, 0.05) is 24.2 Å². The van der Waals surface area contributed by atoms with Crippen LogP contribution >= 0.6 is 0 Å². The number of carbonyl (C=O) groups is 1. The van der Waals surface area contributed by atoms with Crippen molar-refractivity contribution in [2.24, 2.45) is 0 Å². The van der Waals surface area contributed by atoms with Crippen LogP contribution in [0.4, 0.5) is 5.69 Å². The highest BCUT2D eigenvalue weighted by atomic mass is 16.6. The summed E-state index contributed by atoms with van der Waals surface area (Å²) in [6, 6.07) is 11.2. The minimum absolute atomic E-state index is 0.136. The summed E-state index contributed by atoms with van der Waals surface area (Å²) in [6.45, 7) is 3.94. The van der Waals surface area contributed by atoms with Crippen LogP contribution in [-0.2, 0) is 4.79 Å². The molecule has 1 amide bonds. The fourth-order valence-corrected chi connectivity index (χ4v) is 3.27. The molecule has 0 aliphatic rings. The van der Waals surface area contributed by atoms with Gasteiger partial charge in [0.2, 0.25) is 5.91 Å². The van der Waals surface area contributed by atoms with Crippen molar-refractivity contribution >= 4 is 22.5 Å². The number of benzene rings is 2. The molecular weight excluding hydrogens is 370 g/mol. The fraction of sp³-hybridized carbons (Fsp3) is 0.273. The number of pyridine rings is 1. The van der Waals surface area contributed by atoms with Gasteiger partial charge in [0.25, 0.3) is 5.69 Å². The minimum Gasteiger partial charge on any atom is -0.505 e. The topological polar surface area (TPSA) is 105 Å². The second kappa shape index (κ2) is 8.68. The van der Waals surface area contributed by atoms with E-state index in [9.17, 15) is 20.0 Å². The van der Waals surface area contributed by atoms with Gasteiger partial charge in [-0.2, -0.15) is 0 Å². The van der Waals surface area contributed by atoms with Crippen LogP contribution in [0.5, 0.6) is 5.75 Å². The maximum absolute atomic E-state index is 12.5. The van der Waals surface area contributed by atoms with E-state index in [0.29, 0.717) is 6.42 Å². The summed E-state index contributed by atoms with van der Waals surface area (Å²) in [6.07, 6.45) is 3.42. The number of nitrogens with one attached hydrogen (secondary N) is 1. The molecule has 2 aromatic carbocycles. The number of non-ortho nitro benzene ring substituents is 1. The van der Waals surface area contributed by atoms with Crippen molar-refractivity contribution in [1.82, 2.24) is 10.3 Å². The SMILES string of the molecule is CCCCC(=O)N[C@H](c1ccc(C)cc1)c1cc([N+](=O)[O-])c2cccnc2c1O. The predicted octanol–water partition coefficient (Wildman–Crippen LogP) is 4.55. The Hall–Kier alpha value is -3.48. The highest BCUT2D eigenvalue weighted by molar-refractivity contribution is 5.94. The van der Waals surface area contributed by atoms with Crippen molar-refractivity contribution in [2.75, 3.05) is 0 Å². The van der Waals surface area contributed by atoms with E-state index >= 15 is 0 Å². The van der Waals surface area contributed by atoms with Gasteiger partial charge in [0.15, 0.2) is 0 Å². The first-order chi connectivity index (χ1) is 13.9. The van der Waals surface area contributed by atoms with E-state index in [0.717, 1.165) is 24.0 Å². The number of amides is 1. The third-order valence-corrected chi connectivity index (χ3v) is 4.85. The number of rotatable bonds is 7. The molecule has 7 heteroatoms. The number of carbonyl (C=O) groups excluding carboxylic acids is 1. The Morgan fingerprint density at radius 1 is 1.28 bits per heavy atom. The summed E-state index contributed by atoms with van der Waals surface area (Å²) >= 11 is 0. The lowest BCUT2D eigenvalue weighted by Gasteiger charge is -2.21. The molecule has 0 bridgehead atoms. The van der Waals surface area contributed by atoms with Crippen molar-refractivity contribution in [3.8, 4) is 5.75 Å². The zero-order chi connectivity index (χ0) is 21.0. The number of fused-ring (bicyclic) bond motifs is 1. The number of phenolic OH excluding ortho intramolecular Hbond substituents is 1. The third-order valence-electron chi connectivity index (χ3n) is 4.85. The van der Waals surface area contributed by atoms with E-state index < -0.39 is 11.0 Å². The molecule has 7 nitrogen and oxygen atoms in total. The number of hydrogen-bond donors (Lipinski definition) is 2. The number of nitrogens with zero attached hydrogens (tertiary/aromatic N) is 2. The molecule has 1 atom stereocenters. The molecule has 0 radical (unpaired) electrons. The lowest BCUT2D eigenvalue weighted by atomic mass is 9.94. The molecule has 1 heterocycles. The van der Waals surface area contributed by atoms with Gasteiger partial charge in [-0.25, -0.2) is 0 Å². The molecule has 0 aliphatic carbocycles. The maximum atomic E-state index is 12.5. The van der Waals surface area contributed by atoms with E-state index in [2.05, 4.69) is 10.3 Å². The van der Waals surface area contributed by atoms with Crippen LogP contribution in [0.1, 0.15) is 48.9 Å². The Morgan fingerprint density at radius 3 is 2.66 bits per heavy atom. The van der Waals surface area contributed by atoms with Crippen LogP contribution in [-0.4, -0.2) is 20.9 Å². The first-order valence-corrected chi connectivity index (χ1v) is 9.53. The number of unbranched alkanes of at least 4 members (excludes halogenated alkanes) is 1.